The van der Waals surface area contributed by atoms with Crippen molar-refractivity contribution in [1.82, 2.24) is 14.5 Å². The first kappa shape index (κ1) is 23.9. The molecule has 0 saturated heterocycles. The van der Waals surface area contributed by atoms with Crippen molar-refractivity contribution in [3.05, 3.63) is 102 Å². The van der Waals surface area contributed by atoms with Gasteiger partial charge in [-0.05, 0) is 48.6 Å². The zero-order chi connectivity index (χ0) is 24.1. The fourth-order valence-corrected chi connectivity index (χ4v) is 4.67. The number of benzene rings is 2. The van der Waals surface area contributed by atoms with Crippen LogP contribution >= 0.6 is 22.9 Å². The number of carbonyl (C=O) groups is 1. The van der Waals surface area contributed by atoms with E-state index in [-0.39, 0.29) is 29.6 Å². The molecule has 2 heterocycles. The molecular weight excluding hydrogens is 477 g/mol. The van der Waals surface area contributed by atoms with Crippen molar-refractivity contribution in [3.8, 4) is 0 Å². The zero-order valence-corrected chi connectivity index (χ0v) is 19.9. The number of hydrogen-bond donors (Lipinski definition) is 1. The predicted molar refractivity (Wildman–Crippen MR) is 133 cm³/mol. The summed E-state index contributed by atoms with van der Waals surface area (Å²) in [7, 11) is 0. The molecule has 0 spiro atoms. The first-order chi connectivity index (χ1) is 16.5. The summed E-state index contributed by atoms with van der Waals surface area (Å²) in [6, 6.07) is 15.0. The van der Waals surface area contributed by atoms with Crippen LogP contribution < -0.4 is 16.6 Å². The predicted octanol–water partition coefficient (Wildman–Crippen LogP) is 4.55. The van der Waals surface area contributed by atoms with Crippen LogP contribution in [0.1, 0.15) is 29.7 Å². The molecule has 0 aliphatic heterocycles. The van der Waals surface area contributed by atoms with E-state index in [2.05, 4.69) is 5.32 Å². The van der Waals surface area contributed by atoms with E-state index >= 15 is 0 Å². The summed E-state index contributed by atoms with van der Waals surface area (Å²) in [5, 5.41) is 5.40. The molecule has 176 valence electrons. The Balaban J connectivity index is 1.52. The normalized spacial score (nSPS) is 11.1. The van der Waals surface area contributed by atoms with E-state index in [1.54, 1.807) is 41.7 Å². The first-order valence-corrected chi connectivity index (χ1v) is 12.2. The molecule has 4 rings (SSSR count). The molecule has 0 unspecified atom stereocenters. The van der Waals surface area contributed by atoms with Crippen LogP contribution in [0.5, 0.6) is 0 Å². The van der Waals surface area contributed by atoms with E-state index in [4.69, 9.17) is 11.6 Å². The number of nitrogens with one attached hydrogen (secondary N) is 1. The number of hydrogen-bond acceptors (Lipinski definition) is 4. The van der Waals surface area contributed by atoms with Crippen LogP contribution in [0.2, 0.25) is 5.02 Å². The molecule has 0 saturated carbocycles. The molecule has 2 aromatic carbocycles. The number of para-hydroxylation sites is 1. The molecule has 1 N–H and O–H groups in total. The SMILES string of the molecule is O=C(CCCCn1c(=O)c2ccccc2n(Cc2c(F)cccc2Cl)c1=O)NCc1cccs1. The van der Waals surface area contributed by atoms with Crippen molar-refractivity contribution in [3.63, 3.8) is 0 Å². The summed E-state index contributed by atoms with van der Waals surface area (Å²) in [5.41, 5.74) is -0.339. The lowest BCUT2D eigenvalue weighted by Crippen LogP contribution is -2.40. The van der Waals surface area contributed by atoms with Crippen molar-refractivity contribution in [2.45, 2.75) is 38.9 Å². The first-order valence-electron chi connectivity index (χ1n) is 10.9. The van der Waals surface area contributed by atoms with Crippen molar-refractivity contribution in [1.29, 1.82) is 0 Å². The lowest BCUT2D eigenvalue weighted by molar-refractivity contribution is -0.121. The Morgan fingerprint density at radius 3 is 2.59 bits per heavy atom. The number of amides is 1. The van der Waals surface area contributed by atoms with Gasteiger partial charge in [0.25, 0.3) is 5.56 Å². The Bertz CT molecular complexity index is 1410. The molecule has 4 aromatic rings. The van der Waals surface area contributed by atoms with Gasteiger partial charge >= 0.3 is 5.69 Å². The minimum atomic E-state index is -0.537. The third kappa shape index (κ3) is 5.29. The third-order valence-corrected chi connectivity index (χ3v) is 6.82. The lowest BCUT2D eigenvalue weighted by atomic mass is 10.2. The number of fused-ring (bicyclic) bond motifs is 1. The maximum absolute atomic E-state index is 14.4. The number of thiophene rings is 1. The minimum Gasteiger partial charge on any atom is -0.351 e. The molecule has 34 heavy (non-hydrogen) atoms. The summed E-state index contributed by atoms with van der Waals surface area (Å²) in [5.74, 6) is -0.597. The summed E-state index contributed by atoms with van der Waals surface area (Å²) in [6.45, 7) is 0.548. The van der Waals surface area contributed by atoms with E-state index in [0.717, 1.165) is 9.44 Å². The smallest absolute Gasteiger partial charge is 0.331 e. The van der Waals surface area contributed by atoms with E-state index in [1.165, 1.54) is 16.7 Å². The van der Waals surface area contributed by atoms with Crippen LogP contribution in [0.15, 0.2) is 69.6 Å². The Kier molecular flexibility index (Phi) is 7.59. The van der Waals surface area contributed by atoms with Crippen LogP contribution in [0, 0.1) is 5.82 Å². The third-order valence-electron chi connectivity index (χ3n) is 5.59. The van der Waals surface area contributed by atoms with Gasteiger partial charge in [0.1, 0.15) is 5.82 Å². The van der Waals surface area contributed by atoms with Gasteiger partial charge < -0.3 is 5.32 Å². The molecular formula is C25H23ClFN3O3S. The second-order valence-corrected chi connectivity index (χ2v) is 9.30. The quantitative estimate of drug-likeness (QED) is 0.343. The second kappa shape index (κ2) is 10.8. The molecule has 0 bridgehead atoms. The average Bonchev–Trinajstić information content (AvgIpc) is 3.35. The summed E-state index contributed by atoms with van der Waals surface area (Å²) in [6.07, 6.45) is 1.29. The average molecular weight is 500 g/mol. The molecule has 0 fully saturated rings. The summed E-state index contributed by atoms with van der Waals surface area (Å²) >= 11 is 7.76. The van der Waals surface area contributed by atoms with Gasteiger partial charge in [-0.2, -0.15) is 0 Å². The fourth-order valence-electron chi connectivity index (χ4n) is 3.81. The highest BCUT2D eigenvalue weighted by Crippen LogP contribution is 2.21. The molecule has 9 heteroatoms. The zero-order valence-electron chi connectivity index (χ0n) is 18.3. The summed E-state index contributed by atoms with van der Waals surface area (Å²) in [4.78, 5) is 39.5. The van der Waals surface area contributed by atoms with E-state index in [1.807, 2.05) is 17.5 Å². The van der Waals surface area contributed by atoms with Crippen molar-refractivity contribution >= 4 is 39.7 Å². The number of unbranched alkanes of at least 4 members (excludes halogenated alkanes) is 1. The Hall–Kier alpha value is -3.23. The topological polar surface area (TPSA) is 73.1 Å². The van der Waals surface area contributed by atoms with Crippen molar-refractivity contribution in [2.24, 2.45) is 0 Å². The van der Waals surface area contributed by atoms with Crippen LogP contribution in [0.3, 0.4) is 0 Å². The monoisotopic (exact) mass is 499 g/mol. The number of nitrogens with zero attached hydrogens (tertiary/aromatic N) is 2. The maximum Gasteiger partial charge on any atom is 0.331 e. The van der Waals surface area contributed by atoms with E-state index in [0.29, 0.717) is 36.7 Å². The van der Waals surface area contributed by atoms with Crippen LogP contribution in [-0.2, 0) is 24.4 Å². The van der Waals surface area contributed by atoms with Crippen LogP contribution in [0.4, 0.5) is 4.39 Å². The highest BCUT2D eigenvalue weighted by Gasteiger charge is 2.16. The largest absolute Gasteiger partial charge is 0.351 e. The van der Waals surface area contributed by atoms with Gasteiger partial charge in [-0.3, -0.25) is 18.7 Å². The number of rotatable bonds is 9. The highest BCUT2D eigenvalue weighted by molar-refractivity contribution is 7.09. The summed E-state index contributed by atoms with van der Waals surface area (Å²) < 4.78 is 16.9. The number of halogens is 2. The second-order valence-electron chi connectivity index (χ2n) is 7.86. The van der Waals surface area contributed by atoms with Gasteiger partial charge in [0.15, 0.2) is 0 Å². The van der Waals surface area contributed by atoms with Crippen LogP contribution in [0.25, 0.3) is 10.9 Å². The molecule has 2 aromatic heterocycles. The standard InChI is InChI=1S/C25H23ClFN3O3S/c26-20-9-5-10-21(27)19(20)16-30-22-11-2-1-8-18(22)24(32)29(25(30)33)13-4-3-12-23(31)28-15-17-7-6-14-34-17/h1-2,5-11,14H,3-4,12-13,15-16H2,(H,28,31). The van der Waals surface area contributed by atoms with Gasteiger partial charge in [0, 0.05) is 28.4 Å². The van der Waals surface area contributed by atoms with Crippen molar-refractivity contribution < 1.29 is 9.18 Å². The molecule has 0 aliphatic carbocycles. The molecule has 6 nitrogen and oxygen atoms in total. The highest BCUT2D eigenvalue weighted by atomic mass is 35.5. The van der Waals surface area contributed by atoms with Gasteiger partial charge in [-0.15, -0.1) is 11.3 Å². The number of carbonyl (C=O) groups excluding carboxylic acids is 1. The Morgan fingerprint density at radius 2 is 1.82 bits per heavy atom. The van der Waals surface area contributed by atoms with Gasteiger partial charge in [0.2, 0.25) is 5.91 Å². The van der Waals surface area contributed by atoms with Crippen LogP contribution in [-0.4, -0.2) is 15.0 Å². The lowest BCUT2D eigenvalue weighted by Gasteiger charge is -2.15. The molecule has 0 aliphatic rings. The molecule has 0 atom stereocenters. The van der Waals surface area contributed by atoms with Gasteiger partial charge in [-0.1, -0.05) is 35.9 Å². The van der Waals surface area contributed by atoms with Gasteiger partial charge in [0.05, 0.1) is 24.0 Å². The molecule has 1 amide bonds. The fraction of sp³-hybridized carbons (Fsp3) is 0.240. The Morgan fingerprint density at radius 1 is 1.00 bits per heavy atom. The van der Waals surface area contributed by atoms with Gasteiger partial charge in [-0.25, -0.2) is 9.18 Å². The van der Waals surface area contributed by atoms with E-state index < -0.39 is 17.1 Å². The minimum absolute atomic E-state index is 0.0779. The molecule has 0 radical (unpaired) electrons. The number of aromatic nitrogens is 2. The van der Waals surface area contributed by atoms with E-state index in [9.17, 15) is 18.8 Å². The maximum atomic E-state index is 14.4. The Labute approximate surface area is 204 Å². The van der Waals surface area contributed by atoms with Crippen molar-refractivity contribution in [2.75, 3.05) is 0 Å².